The Labute approximate surface area is 107 Å². The van der Waals surface area contributed by atoms with Gasteiger partial charge in [-0.25, -0.2) is 0 Å². The molecule has 82 valence electrons. The first kappa shape index (κ1) is 12.8. The van der Waals surface area contributed by atoms with Gasteiger partial charge in [0.05, 0.1) is 10.6 Å². The molecule has 0 heterocycles. The van der Waals surface area contributed by atoms with E-state index in [-0.39, 0.29) is 11.9 Å². The molecular formula is C10H10BrCl2NO. The van der Waals surface area contributed by atoms with E-state index in [1.165, 1.54) is 0 Å². The molecule has 1 atom stereocenters. The minimum atomic E-state index is -0.208. The highest BCUT2D eigenvalue weighted by molar-refractivity contribution is 9.10. The van der Waals surface area contributed by atoms with Gasteiger partial charge in [-0.3, -0.25) is 4.79 Å². The van der Waals surface area contributed by atoms with Crippen LogP contribution in [-0.4, -0.2) is 17.8 Å². The van der Waals surface area contributed by atoms with Crippen LogP contribution < -0.4 is 5.32 Å². The number of hydrogen-bond donors (Lipinski definition) is 1. The van der Waals surface area contributed by atoms with Crippen molar-refractivity contribution in [3.05, 3.63) is 33.3 Å². The molecule has 0 spiro atoms. The second kappa shape index (κ2) is 5.73. The van der Waals surface area contributed by atoms with Crippen LogP contribution in [0.3, 0.4) is 0 Å². The van der Waals surface area contributed by atoms with Crippen LogP contribution >= 0.6 is 39.1 Å². The third-order valence-corrected chi connectivity index (χ3v) is 3.05. The predicted molar refractivity (Wildman–Crippen MR) is 66.8 cm³/mol. The van der Waals surface area contributed by atoms with E-state index in [1.807, 2.05) is 6.92 Å². The zero-order chi connectivity index (χ0) is 11.4. The Balaban J connectivity index is 2.82. The molecule has 0 saturated heterocycles. The molecule has 0 radical (unpaired) electrons. The minimum absolute atomic E-state index is 0.0705. The molecule has 0 bridgehead atoms. The smallest absolute Gasteiger partial charge is 0.253 e. The van der Waals surface area contributed by atoms with Gasteiger partial charge in [-0.2, -0.15) is 0 Å². The molecule has 2 nitrogen and oxygen atoms in total. The number of amides is 1. The quantitative estimate of drug-likeness (QED) is 0.851. The fourth-order valence-corrected chi connectivity index (χ4v) is 1.85. The largest absolute Gasteiger partial charge is 0.348 e. The van der Waals surface area contributed by atoms with Crippen molar-refractivity contribution < 1.29 is 4.79 Å². The summed E-state index contributed by atoms with van der Waals surface area (Å²) in [6.45, 7) is 1.83. The van der Waals surface area contributed by atoms with Crippen molar-refractivity contribution in [3.63, 3.8) is 0 Å². The lowest BCUT2D eigenvalue weighted by molar-refractivity contribution is 0.0943. The molecule has 0 aliphatic heterocycles. The highest BCUT2D eigenvalue weighted by atomic mass is 79.9. The number of alkyl halides is 1. The molecular weight excluding hydrogens is 301 g/mol. The summed E-state index contributed by atoms with van der Waals surface area (Å²) in [7, 11) is 0. The summed E-state index contributed by atoms with van der Waals surface area (Å²) in [4.78, 5) is 11.7. The van der Waals surface area contributed by atoms with Crippen LogP contribution in [0, 0.1) is 0 Å². The molecule has 0 aliphatic carbocycles. The second-order valence-electron chi connectivity index (χ2n) is 3.15. The van der Waals surface area contributed by atoms with E-state index >= 15 is 0 Å². The van der Waals surface area contributed by atoms with Crippen molar-refractivity contribution >= 4 is 45.0 Å². The summed E-state index contributed by atoms with van der Waals surface area (Å²) in [6.07, 6.45) is 0. The van der Waals surface area contributed by atoms with Gasteiger partial charge in [0, 0.05) is 16.4 Å². The van der Waals surface area contributed by atoms with Gasteiger partial charge in [0.1, 0.15) is 0 Å². The third kappa shape index (κ3) is 3.67. The van der Waals surface area contributed by atoms with Crippen LogP contribution in [0.4, 0.5) is 0 Å². The van der Waals surface area contributed by atoms with Gasteiger partial charge < -0.3 is 5.32 Å². The molecule has 1 aromatic rings. The number of halogens is 3. The lowest BCUT2D eigenvalue weighted by Crippen LogP contribution is -2.33. The van der Waals surface area contributed by atoms with Gasteiger partial charge in [-0.15, -0.1) is 11.6 Å². The van der Waals surface area contributed by atoms with E-state index in [4.69, 9.17) is 23.2 Å². The molecule has 1 amide bonds. The first-order valence-electron chi connectivity index (χ1n) is 4.36. The number of carbonyl (C=O) groups excluding carboxylic acids is 1. The Kier molecular flexibility index (Phi) is 4.90. The number of rotatable bonds is 3. The summed E-state index contributed by atoms with van der Waals surface area (Å²) >= 11 is 14.8. The normalized spacial score (nSPS) is 12.3. The highest BCUT2D eigenvalue weighted by Gasteiger charge is 2.12. The summed E-state index contributed by atoms with van der Waals surface area (Å²) in [5, 5.41) is 3.16. The van der Waals surface area contributed by atoms with Crippen molar-refractivity contribution in [3.8, 4) is 0 Å². The van der Waals surface area contributed by atoms with E-state index in [9.17, 15) is 4.79 Å². The Morgan fingerprint density at radius 3 is 2.80 bits per heavy atom. The summed E-state index contributed by atoms with van der Waals surface area (Å²) in [5.41, 5.74) is 0.455. The molecule has 1 N–H and O–H groups in total. The van der Waals surface area contributed by atoms with Gasteiger partial charge in [0.15, 0.2) is 0 Å². The van der Waals surface area contributed by atoms with Gasteiger partial charge in [-0.05, 0) is 25.1 Å². The minimum Gasteiger partial charge on any atom is -0.348 e. The molecule has 1 unspecified atom stereocenters. The zero-order valence-corrected chi connectivity index (χ0v) is 11.2. The maximum Gasteiger partial charge on any atom is 0.253 e. The van der Waals surface area contributed by atoms with E-state index < -0.39 is 0 Å². The number of benzene rings is 1. The van der Waals surface area contributed by atoms with Crippen LogP contribution in [0.2, 0.25) is 5.02 Å². The van der Waals surface area contributed by atoms with Crippen molar-refractivity contribution in [1.82, 2.24) is 5.32 Å². The average Bonchev–Trinajstić information content (AvgIpc) is 2.17. The summed E-state index contributed by atoms with van der Waals surface area (Å²) in [6, 6.07) is 5.05. The van der Waals surface area contributed by atoms with Crippen molar-refractivity contribution in [1.29, 1.82) is 0 Å². The van der Waals surface area contributed by atoms with Crippen LogP contribution in [0.5, 0.6) is 0 Å². The number of hydrogen-bond acceptors (Lipinski definition) is 1. The maximum atomic E-state index is 11.7. The van der Waals surface area contributed by atoms with Gasteiger partial charge >= 0.3 is 0 Å². The van der Waals surface area contributed by atoms with Gasteiger partial charge in [0.2, 0.25) is 0 Å². The van der Waals surface area contributed by atoms with E-state index in [2.05, 4.69) is 21.2 Å². The van der Waals surface area contributed by atoms with E-state index in [0.29, 0.717) is 16.5 Å². The number of nitrogens with one attached hydrogen (secondary N) is 1. The predicted octanol–water partition coefficient (Wildman–Crippen LogP) is 3.46. The monoisotopic (exact) mass is 309 g/mol. The molecule has 5 heteroatoms. The highest BCUT2D eigenvalue weighted by Crippen LogP contribution is 2.21. The third-order valence-electron chi connectivity index (χ3n) is 1.78. The lowest BCUT2D eigenvalue weighted by atomic mass is 10.2. The standard InChI is InChI=1S/C10H10BrCl2NO/c1-6(5-12)14-10(15)8-3-2-7(11)4-9(8)13/h2-4,6H,5H2,1H3,(H,14,15). The maximum absolute atomic E-state index is 11.7. The van der Waals surface area contributed by atoms with Crippen LogP contribution in [0.1, 0.15) is 17.3 Å². The first-order valence-corrected chi connectivity index (χ1v) is 6.07. The summed E-state index contributed by atoms with van der Waals surface area (Å²) < 4.78 is 0.842. The topological polar surface area (TPSA) is 29.1 Å². The van der Waals surface area contributed by atoms with E-state index in [0.717, 1.165) is 4.47 Å². The SMILES string of the molecule is CC(CCl)NC(=O)c1ccc(Br)cc1Cl. The number of carbonyl (C=O) groups is 1. The molecule has 1 rings (SSSR count). The van der Waals surface area contributed by atoms with Crippen LogP contribution in [-0.2, 0) is 0 Å². The Morgan fingerprint density at radius 2 is 2.27 bits per heavy atom. The molecule has 15 heavy (non-hydrogen) atoms. The average molecular weight is 311 g/mol. The Morgan fingerprint density at radius 1 is 1.60 bits per heavy atom. The molecule has 0 aliphatic rings. The van der Waals surface area contributed by atoms with Gasteiger partial charge in [-0.1, -0.05) is 27.5 Å². The van der Waals surface area contributed by atoms with Crippen molar-refractivity contribution in [2.45, 2.75) is 13.0 Å². The summed E-state index contributed by atoms with van der Waals surface area (Å²) in [5.74, 6) is 0.167. The van der Waals surface area contributed by atoms with Crippen LogP contribution in [0.15, 0.2) is 22.7 Å². The molecule has 0 fully saturated rings. The molecule has 0 aromatic heterocycles. The molecule has 0 saturated carbocycles. The van der Waals surface area contributed by atoms with E-state index in [1.54, 1.807) is 18.2 Å². The zero-order valence-electron chi connectivity index (χ0n) is 8.06. The van der Waals surface area contributed by atoms with Crippen molar-refractivity contribution in [2.24, 2.45) is 0 Å². The second-order valence-corrected chi connectivity index (χ2v) is 4.78. The Hall–Kier alpha value is -0.250. The fourth-order valence-electron chi connectivity index (χ4n) is 1.01. The lowest BCUT2D eigenvalue weighted by Gasteiger charge is -2.11. The van der Waals surface area contributed by atoms with Gasteiger partial charge in [0.25, 0.3) is 5.91 Å². The first-order chi connectivity index (χ1) is 7.04. The molecule has 1 aromatic carbocycles. The van der Waals surface area contributed by atoms with Crippen LogP contribution in [0.25, 0.3) is 0 Å². The van der Waals surface area contributed by atoms with Crippen molar-refractivity contribution in [2.75, 3.05) is 5.88 Å². The fraction of sp³-hybridized carbons (Fsp3) is 0.300. The Bertz CT molecular complexity index is 370.